The van der Waals surface area contributed by atoms with Gasteiger partial charge < -0.3 is 10.4 Å². The summed E-state index contributed by atoms with van der Waals surface area (Å²) in [7, 11) is 0. The van der Waals surface area contributed by atoms with Crippen molar-refractivity contribution in [2.45, 2.75) is 116 Å². The first-order chi connectivity index (χ1) is 13.6. The van der Waals surface area contributed by atoms with E-state index in [1.807, 2.05) is 31.2 Å². The van der Waals surface area contributed by atoms with E-state index in [2.05, 4.69) is 12.2 Å². The lowest BCUT2D eigenvalue weighted by Gasteiger charge is -2.10. The zero-order valence-corrected chi connectivity index (χ0v) is 18.3. The molecule has 1 rings (SSSR count). The number of hydrogen-bond donors (Lipinski definition) is 2. The summed E-state index contributed by atoms with van der Waals surface area (Å²) in [5.74, 6) is 0.122. The number of carbonyl (C=O) groups is 1. The maximum absolute atomic E-state index is 11.9. The monoisotopic (exact) mass is 389 g/mol. The molecule has 1 atom stereocenters. The molecule has 3 nitrogen and oxygen atoms in total. The fourth-order valence-electron chi connectivity index (χ4n) is 3.54. The van der Waals surface area contributed by atoms with Crippen molar-refractivity contribution < 1.29 is 9.90 Å². The van der Waals surface area contributed by atoms with Crippen LogP contribution in [0.3, 0.4) is 0 Å². The Kier molecular flexibility index (Phi) is 14.6. The molecule has 1 amide bonds. The van der Waals surface area contributed by atoms with Gasteiger partial charge in [0.15, 0.2) is 0 Å². The summed E-state index contributed by atoms with van der Waals surface area (Å²) in [6, 6.07) is 7.95. The van der Waals surface area contributed by atoms with Crippen LogP contribution in [0.2, 0.25) is 0 Å². The third-order valence-electron chi connectivity index (χ3n) is 5.42. The van der Waals surface area contributed by atoms with E-state index in [9.17, 15) is 9.90 Å². The Morgan fingerprint density at radius 1 is 0.821 bits per heavy atom. The van der Waals surface area contributed by atoms with Crippen molar-refractivity contribution in [3.05, 3.63) is 29.8 Å². The fourth-order valence-corrected chi connectivity index (χ4v) is 3.54. The van der Waals surface area contributed by atoms with Crippen molar-refractivity contribution in [3.63, 3.8) is 0 Å². The van der Waals surface area contributed by atoms with Gasteiger partial charge in [-0.3, -0.25) is 4.79 Å². The molecular weight excluding hydrogens is 346 g/mol. The highest BCUT2D eigenvalue weighted by Gasteiger charge is 2.04. The van der Waals surface area contributed by atoms with Gasteiger partial charge in [-0.2, -0.15) is 0 Å². The third kappa shape index (κ3) is 13.8. The van der Waals surface area contributed by atoms with E-state index in [-0.39, 0.29) is 12.0 Å². The molecule has 3 heteroatoms. The standard InChI is InChI=1S/C25H43NO2/c1-3-4-5-12-15-24(27)16-13-10-8-6-7-9-11-14-17-25(28)26-23-20-18-22(2)19-21-23/h18-21,24,27H,3-17H2,1-2H3,(H,26,28). The Labute approximate surface area is 173 Å². The average molecular weight is 390 g/mol. The Hall–Kier alpha value is -1.35. The topological polar surface area (TPSA) is 49.3 Å². The predicted octanol–water partition coefficient (Wildman–Crippen LogP) is 7.17. The zero-order chi connectivity index (χ0) is 20.5. The first kappa shape index (κ1) is 24.7. The highest BCUT2D eigenvalue weighted by Crippen LogP contribution is 2.15. The molecule has 0 spiro atoms. The van der Waals surface area contributed by atoms with Crippen molar-refractivity contribution in [3.8, 4) is 0 Å². The minimum atomic E-state index is -0.0806. The molecule has 1 aromatic carbocycles. The second-order valence-corrected chi connectivity index (χ2v) is 8.28. The lowest BCUT2D eigenvalue weighted by Crippen LogP contribution is -2.10. The van der Waals surface area contributed by atoms with Crippen LogP contribution < -0.4 is 5.32 Å². The van der Waals surface area contributed by atoms with E-state index in [0.717, 1.165) is 37.8 Å². The number of benzene rings is 1. The number of aliphatic hydroxyl groups is 1. The van der Waals surface area contributed by atoms with Gasteiger partial charge in [-0.25, -0.2) is 0 Å². The van der Waals surface area contributed by atoms with Crippen molar-refractivity contribution in [2.75, 3.05) is 5.32 Å². The van der Waals surface area contributed by atoms with Crippen molar-refractivity contribution >= 4 is 11.6 Å². The summed E-state index contributed by atoms with van der Waals surface area (Å²) >= 11 is 0. The largest absolute Gasteiger partial charge is 0.393 e. The second kappa shape index (κ2) is 16.6. The van der Waals surface area contributed by atoms with E-state index < -0.39 is 0 Å². The Bertz CT molecular complexity index is 498. The zero-order valence-electron chi connectivity index (χ0n) is 18.3. The number of rotatable bonds is 17. The number of carbonyl (C=O) groups excluding carboxylic acids is 1. The fraction of sp³-hybridized carbons (Fsp3) is 0.720. The minimum Gasteiger partial charge on any atom is -0.393 e. The summed E-state index contributed by atoms with van der Waals surface area (Å²) < 4.78 is 0. The molecule has 0 saturated heterocycles. The van der Waals surface area contributed by atoms with Crippen LogP contribution in [-0.4, -0.2) is 17.1 Å². The summed E-state index contributed by atoms with van der Waals surface area (Å²) in [5, 5.41) is 12.9. The van der Waals surface area contributed by atoms with Gasteiger partial charge in [-0.15, -0.1) is 0 Å². The molecule has 0 aliphatic rings. The molecule has 0 radical (unpaired) electrons. The summed E-state index contributed by atoms with van der Waals surface area (Å²) in [5.41, 5.74) is 2.10. The predicted molar refractivity (Wildman–Crippen MR) is 121 cm³/mol. The van der Waals surface area contributed by atoms with E-state index in [0.29, 0.717) is 6.42 Å². The molecule has 1 aromatic rings. The Morgan fingerprint density at radius 3 is 1.89 bits per heavy atom. The second-order valence-electron chi connectivity index (χ2n) is 8.28. The molecule has 160 valence electrons. The van der Waals surface area contributed by atoms with E-state index >= 15 is 0 Å². The molecule has 28 heavy (non-hydrogen) atoms. The molecule has 2 N–H and O–H groups in total. The number of hydrogen-bond acceptors (Lipinski definition) is 2. The number of aryl methyl sites for hydroxylation is 1. The summed E-state index contributed by atoms with van der Waals surface area (Å²) in [6.07, 6.45) is 17.0. The Morgan fingerprint density at radius 2 is 1.32 bits per heavy atom. The Balaban J connectivity index is 1.86. The van der Waals surface area contributed by atoms with Crippen LogP contribution in [0.1, 0.15) is 109 Å². The van der Waals surface area contributed by atoms with E-state index in [1.165, 1.54) is 63.4 Å². The normalized spacial score (nSPS) is 12.1. The maximum Gasteiger partial charge on any atom is 0.224 e. The van der Waals surface area contributed by atoms with Crippen LogP contribution in [-0.2, 0) is 4.79 Å². The lowest BCUT2D eigenvalue weighted by atomic mass is 10.0. The van der Waals surface area contributed by atoms with Crippen molar-refractivity contribution in [2.24, 2.45) is 0 Å². The van der Waals surface area contributed by atoms with E-state index in [4.69, 9.17) is 0 Å². The molecule has 0 saturated carbocycles. The molecule has 0 aromatic heterocycles. The third-order valence-corrected chi connectivity index (χ3v) is 5.42. The number of amides is 1. The molecule has 0 aliphatic heterocycles. The van der Waals surface area contributed by atoms with Crippen LogP contribution in [0.15, 0.2) is 24.3 Å². The molecule has 0 aliphatic carbocycles. The highest BCUT2D eigenvalue weighted by molar-refractivity contribution is 5.90. The van der Waals surface area contributed by atoms with Crippen molar-refractivity contribution in [1.29, 1.82) is 0 Å². The number of nitrogens with one attached hydrogen (secondary N) is 1. The molecule has 1 unspecified atom stereocenters. The van der Waals surface area contributed by atoms with Gasteiger partial charge in [0, 0.05) is 12.1 Å². The highest BCUT2D eigenvalue weighted by atomic mass is 16.3. The van der Waals surface area contributed by atoms with Gasteiger partial charge in [0.25, 0.3) is 0 Å². The van der Waals surface area contributed by atoms with Gasteiger partial charge in [0.1, 0.15) is 0 Å². The smallest absolute Gasteiger partial charge is 0.224 e. The minimum absolute atomic E-state index is 0.0806. The number of anilines is 1. The van der Waals surface area contributed by atoms with Crippen LogP contribution in [0.5, 0.6) is 0 Å². The SMILES string of the molecule is CCCCCCC(O)CCCCCCCCCCC(=O)Nc1ccc(C)cc1. The first-order valence-electron chi connectivity index (χ1n) is 11.7. The molecule has 0 fully saturated rings. The molecule has 0 heterocycles. The van der Waals surface area contributed by atoms with Crippen LogP contribution >= 0.6 is 0 Å². The quantitative estimate of drug-likeness (QED) is 0.278. The van der Waals surface area contributed by atoms with Gasteiger partial charge in [0.2, 0.25) is 5.91 Å². The van der Waals surface area contributed by atoms with Crippen LogP contribution in [0.4, 0.5) is 5.69 Å². The van der Waals surface area contributed by atoms with Crippen molar-refractivity contribution in [1.82, 2.24) is 0 Å². The number of aliphatic hydroxyl groups excluding tert-OH is 1. The van der Waals surface area contributed by atoms with Crippen LogP contribution in [0, 0.1) is 6.92 Å². The van der Waals surface area contributed by atoms with E-state index in [1.54, 1.807) is 0 Å². The summed E-state index contributed by atoms with van der Waals surface area (Å²) in [6.45, 7) is 4.27. The molecule has 0 bridgehead atoms. The van der Waals surface area contributed by atoms with Gasteiger partial charge >= 0.3 is 0 Å². The molecular formula is C25H43NO2. The lowest BCUT2D eigenvalue weighted by molar-refractivity contribution is -0.116. The maximum atomic E-state index is 11.9. The summed E-state index contributed by atoms with van der Waals surface area (Å²) in [4.78, 5) is 11.9. The number of unbranched alkanes of at least 4 members (excludes halogenated alkanes) is 10. The van der Waals surface area contributed by atoms with Gasteiger partial charge in [-0.1, -0.05) is 95.2 Å². The first-order valence-corrected chi connectivity index (χ1v) is 11.7. The van der Waals surface area contributed by atoms with Crippen LogP contribution in [0.25, 0.3) is 0 Å². The average Bonchev–Trinajstić information content (AvgIpc) is 2.68. The van der Waals surface area contributed by atoms with Gasteiger partial charge in [-0.05, 0) is 38.3 Å². The van der Waals surface area contributed by atoms with Gasteiger partial charge in [0.05, 0.1) is 6.10 Å².